The third-order valence-corrected chi connectivity index (χ3v) is 4.28. The molecule has 0 unspecified atom stereocenters. The number of hydrogen-bond donors (Lipinski definition) is 2. The Bertz CT molecular complexity index is 476. The molecule has 1 aliphatic rings. The highest BCUT2D eigenvalue weighted by Crippen LogP contribution is 2.27. The number of aliphatic hydroxyl groups is 1. The van der Waals surface area contributed by atoms with Gasteiger partial charge in [-0.2, -0.15) is 0 Å². The molecule has 4 nitrogen and oxygen atoms in total. The minimum atomic E-state index is -0.855. The average Bonchev–Trinajstić information content (AvgIpc) is 2.88. The van der Waals surface area contributed by atoms with E-state index in [0.717, 1.165) is 12.8 Å². The van der Waals surface area contributed by atoms with Crippen LogP contribution in [0.1, 0.15) is 58.3 Å². The largest absolute Gasteiger partial charge is 0.481 e. The molecule has 0 aromatic heterocycles. The molecular formula is C20H30O4. The number of carbonyl (C=O) groups excluding carboxylic acids is 1. The number of unbranched alkanes of at least 4 members (excludes halogenated alkanes) is 3. The second-order valence-electron chi connectivity index (χ2n) is 6.39. The zero-order valence-electron chi connectivity index (χ0n) is 14.6. The Labute approximate surface area is 145 Å². The minimum Gasteiger partial charge on any atom is -0.481 e. The lowest BCUT2D eigenvalue weighted by atomic mass is 9.90. The van der Waals surface area contributed by atoms with Gasteiger partial charge >= 0.3 is 5.97 Å². The van der Waals surface area contributed by atoms with E-state index < -0.39 is 12.1 Å². The summed E-state index contributed by atoms with van der Waals surface area (Å²) in [5.74, 6) is -0.831. The summed E-state index contributed by atoms with van der Waals surface area (Å²) < 4.78 is 0. The fourth-order valence-electron chi connectivity index (χ4n) is 2.81. The van der Waals surface area contributed by atoms with Crippen LogP contribution in [0.3, 0.4) is 0 Å². The van der Waals surface area contributed by atoms with Crippen molar-refractivity contribution in [3.63, 3.8) is 0 Å². The standard InChI is InChI=1S/C20H30O4/c1-2-3-4-5-6-7-9-16-12-15-19(22)18(16)14-13-17(21)10-8-11-20(23)24/h6-7,12-18,21H,2-5,8-11H2,1H3,(H,23,24)/b7-6-,14-13+/t16-,17-,18-/m1/s1. The SMILES string of the molecule is CCCCC/C=C\C[C@@H]1C=CC(=O)[C@@H]1/C=C/[C@H](O)CCCC(=O)O. The first-order chi connectivity index (χ1) is 11.5. The first-order valence-corrected chi connectivity index (χ1v) is 8.99. The summed E-state index contributed by atoms with van der Waals surface area (Å²) in [5, 5.41) is 18.5. The lowest BCUT2D eigenvalue weighted by molar-refractivity contribution is -0.137. The number of aliphatic hydroxyl groups excluding tert-OH is 1. The molecule has 1 rings (SSSR count). The first-order valence-electron chi connectivity index (χ1n) is 8.99. The van der Waals surface area contributed by atoms with Crippen LogP contribution in [0.4, 0.5) is 0 Å². The maximum atomic E-state index is 12.0. The highest BCUT2D eigenvalue weighted by Gasteiger charge is 2.26. The summed E-state index contributed by atoms with van der Waals surface area (Å²) >= 11 is 0. The molecular weight excluding hydrogens is 304 g/mol. The summed E-state index contributed by atoms with van der Waals surface area (Å²) in [5.41, 5.74) is 0. The van der Waals surface area contributed by atoms with Crippen LogP contribution < -0.4 is 0 Å². The predicted molar refractivity (Wildman–Crippen MR) is 95.7 cm³/mol. The van der Waals surface area contributed by atoms with E-state index in [0.29, 0.717) is 12.8 Å². The van der Waals surface area contributed by atoms with Crippen molar-refractivity contribution >= 4 is 11.8 Å². The predicted octanol–water partition coefficient (Wildman–Crippen LogP) is 4.06. The van der Waals surface area contributed by atoms with Gasteiger partial charge in [-0.25, -0.2) is 0 Å². The van der Waals surface area contributed by atoms with Gasteiger partial charge in [-0.15, -0.1) is 0 Å². The Morgan fingerprint density at radius 3 is 2.79 bits per heavy atom. The van der Waals surface area contributed by atoms with Crippen LogP contribution in [-0.2, 0) is 9.59 Å². The Kier molecular flexibility index (Phi) is 10.0. The zero-order chi connectivity index (χ0) is 17.8. The molecule has 0 fully saturated rings. The number of carbonyl (C=O) groups is 2. The van der Waals surface area contributed by atoms with Crippen LogP contribution in [0.5, 0.6) is 0 Å². The summed E-state index contributed by atoms with van der Waals surface area (Å²) in [7, 11) is 0. The van der Waals surface area contributed by atoms with E-state index in [4.69, 9.17) is 5.11 Å². The molecule has 0 aliphatic heterocycles. The van der Waals surface area contributed by atoms with Crippen LogP contribution >= 0.6 is 0 Å². The number of ketones is 1. The fourth-order valence-corrected chi connectivity index (χ4v) is 2.81. The van der Waals surface area contributed by atoms with Gasteiger partial charge in [0, 0.05) is 12.3 Å². The van der Waals surface area contributed by atoms with Crippen LogP contribution in [0.15, 0.2) is 36.5 Å². The molecule has 0 heterocycles. The zero-order valence-corrected chi connectivity index (χ0v) is 14.6. The lowest BCUT2D eigenvalue weighted by Crippen LogP contribution is -2.14. The average molecular weight is 334 g/mol. The molecule has 4 heteroatoms. The molecule has 0 saturated carbocycles. The molecule has 0 amide bonds. The molecule has 0 aromatic rings. The molecule has 3 atom stereocenters. The maximum Gasteiger partial charge on any atom is 0.303 e. The summed E-state index contributed by atoms with van der Waals surface area (Å²) in [6.07, 6.45) is 17.1. The minimum absolute atomic E-state index is 0.0558. The highest BCUT2D eigenvalue weighted by atomic mass is 16.4. The summed E-state index contributed by atoms with van der Waals surface area (Å²) in [6, 6.07) is 0. The Hall–Kier alpha value is -1.68. The van der Waals surface area contributed by atoms with Crippen molar-refractivity contribution in [2.75, 3.05) is 0 Å². The van der Waals surface area contributed by atoms with E-state index in [1.165, 1.54) is 19.3 Å². The molecule has 0 radical (unpaired) electrons. The van der Waals surface area contributed by atoms with Crippen LogP contribution in [0, 0.1) is 11.8 Å². The quantitative estimate of drug-likeness (QED) is 0.417. The van der Waals surface area contributed by atoms with Gasteiger partial charge in [0.2, 0.25) is 0 Å². The third-order valence-electron chi connectivity index (χ3n) is 4.28. The topological polar surface area (TPSA) is 74.6 Å². The summed E-state index contributed by atoms with van der Waals surface area (Å²) in [6.45, 7) is 2.19. The highest BCUT2D eigenvalue weighted by molar-refractivity contribution is 5.95. The molecule has 0 spiro atoms. The molecule has 134 valence electrons. The van der Waals surface area contributed by atoms with Crippen LogP contribution in [-0.4, -0.2) is 28.1 Å². The molecule has 1 aliphatic carbocycles. The molecule has 0 bridgehead atoms. The van der Waals surface area contributed by atoms with E-state index in [1.807, 2.05) is 6.08 Å². The van der Waals surface area contributed by atoms with Crippen molar-refractivity contribution in [3.8, 4) is 0 Å². The number of carboxylic acids is 1. The van der Waals surface area contributed by atoms with Gasteiger partial charge in [-0.05, 0) is 44.1 Å². The number of rotatable bonds is 12. The Morgan fingerprint density at radius 1 is 1.29 bits per heavy atom. The van der Waals surface area contributed by atoms with E-state index >= 15 is 0 Å². The number of carboxylic acid groups (broad SMARTS) is 1. The van der Waals surface area contributed by atoms with Gasteiger partial charge in [0.1, 0.15) is 0 Å². The smallest absolute Gasteiger partial charge is 0.303 e. The van der Waals surface area contributed by atoms with Gasteiger partial charge in [-0.1, -0.05) is 50.1 Å². The van der Waals surface area contributed by atoms with E-state index in [-0.39, 0.29) is 24.0 Å². The number of hydrogen-bond acceptors (Lipinski definition) is 3. The Morgan fingerprint density at radius 2 is 2.08 bits per heavy atom. The van der Waals surface area contributed by atoms with E-state index in [1.54, 1.807) is 18.2 Å². The van der Waals surface area contributed by atoms with Crippen molar-refractivity contribution in [2.45, 2.75) is 64.4 Å². The van der Waals surface area contributed by atoms with Gasteiger partial charge in [0.05, 0.1) is 6.10 Å². The van der Waals surface area contributed by atoms with Crippen molar-refractivity contribution < 1.29 is 19.8 Å². The fraction of sp³-hybridized carbons (Fsp3) is 0.600. The van der Waals surface area contributed by atoms with Gasteiger partial charge < -0.3 is 10.2 Å². The van der Waals surface area contributed by atoms with Crippen LogP contribution in [0.2, 0.25) is 0 Å². The normalized spacial score (nSPS) is 22.0. The van der Waals surface area contributed by atoms with Crippen LogP contribution in [0.25, 0.3) is 0 Å². The second kappa shape index (κ2) is 11.8. The molecule has 0 saturated heterocycles. The van der Waals surface area contributed by atoms with E-state index in [2.05, 4.69) is 19.1 Å². The van der Waals surface area contributed by atoms with Crippen molar-refractivity contribution in [3.05, 3.63) is 36.5 Å². The van der Waals surface area contributed by atoms with Gasteiger partial charge in [0.25, 0.3) is 0 Å². The van der Waals surface area contributed by atoms with Crippen molar-refractivity contribution in [1.82, 2.24) is 0 Å². The summed E-state index contributed by atoms with van der Waals surface area (Å²) in [4.78, 5) is 22.4. The van der Waals surface area contributed by atoms with Gasteiger partial charge in [-0.3, -0.25) is 9.59 Å². The maximum absolute atomic E-state index is 12.0. The second-order valence-corrected chi connectivity index (χ2v) is 6.39. The third kappa shape index (κ3) is 8.25. The van der Waals surface area contributed by atoms with Crippen molar-refractivity contribution in [1.29, 1.82) is 0 Å². The number of allylic oxidation sites excluding steroid dienone is 5. The molecule has 0 aromatic carbocycles. The van der Waals surface area contributed by atoms with E-state index in [9.17, 15) is 14.7 Å². The Balaban J connectivity index is 2.39. The first kappa shape index (κ1) is 20.4. The lowest BCUT2D eigenvalue weighted by Gasteiger charge is -2.13. The molecule has 2 N–H and O–H groups in total. The monoisotopic (exact) mass is 334 g/mol. The van der Waals surface area contributed by atoms with Crippen molar-refractivity contribution in [2.24, 2.45) is 11.8 Å². The number of aliphatic carboxylic acids is 1. The van der Waals surface area contributed by atoms with Gasteiger partial charge in [0.15, 0.2) is 5.78 Å². The molecule has 24 heavy (non-hydrogen) atoms.